The molecule has 0 bridgehead atoms. The Labute approximate surface area is 144 Å². The molecule has 0 aliphatic heterocycles. The van der Waals surface area contributed by atoms with E-state index in [-0.39, 0.29) is 15.9 Å². The third kappa shape index (κ3) is 4.21. The standard InChI is InChI=1S/C16H15Cl2N3O2/c1-3-10-6-4-5-7-11(10)19-16(23)21-15(22)13-9(2)8-12(17)20-14(13)18/h4-8H,3H2,1-2H3,(H2,19,21,22,23). The summed E-state index contributed by atoms with van der Waals surface area (Å²) in [6, 6.07) is 8.23. The van der Waals surface area contributed by atoms with Gasteiger partial charge in [0.2, 0.25) is 0 Å². The first-order valence-corrected chi connectivity index (χ1v) is 7.70. The van der Waals surface area contributed by atoms with E-state index in [0.717, 1.165) is 12.0 Å². The molecule has 0 aliphatic rings. The lowest BCUT2D eigenvalue weighted by atomic mass is 10.1. The number of para-hydroxylation sites is 1. The fraction of sp³-hybridized carbons (Fsp3) is 0.188. The topological polar surface area (TPSA) is 71.1 Å². The fourth-order valence-corrected chi connectivity index (χ4v) is 2.76. The zero-order valence-electron chi connectivity index (χ0n) is 12.6. The number of urea groups is 1. The number of aromatic nitrogens is 1. The van der Waals surface area contributed by atoms with Crippen LogP contribution in [0.5, 0.6) is 0 Å². The molecule has 1 aromatic carbocycles. The number of nitrogens with zero attached hydrogens (tertiary/aromatic N) is 1. The van der Waals surface area contributed by atoms with Crippen molar-refractivity contribution in [1.82, 2.24) is 10.3 Å². The molecule has 0 unspecified atom stereocenters. The molecule has 2 aromatic rings. The van der Waals surface area contributed by atoms with Crippen LogP contribution in [0.4, 0.5) is 10.5 Å². The van der Waals surface area contributed by atoms with Crippen LogP contribution in [-0.4, -0.2) is 16.9 Å². The molecule has 1 heterocycles. The Morgan fingerprint density at radius 1 is 1.22 bits per heavy atom. The van der Waals surface area contributed by atoms with Gasteiger partial charge in [0.25, 0.3) is 5.91 Å². The normalized spacial score (nSPS) is 10.3. The van der Waals surface area contributed by atoms with Crippen LogP contribution in [0, 0.1) is 6.92 Å². The lowest BCUT2D eigenvalue weighted by molar-refractivity contribution is 0.0966. The lowest BCUT2D eigenvalue weighted by Gasteiger charge is -2.11. The van der Waals surface area contributed by atoms with Crippen molar-refractivity contribution in [2.45, 2.75) is 20.3 Å². The molecule has 5 nitrogen and oxygen atoms in total. The van der Waals surface area contributed by atoms with Gasteiger partial charge in [-0.1, -0.05) is 48.3 Å². The summed E-state index contributed by atoms with van der Waals surface area (Å²) in [6.07, 6.45) is 0.760. The minimum absolute atomic E-state index is 0.0470. The number of imide groups is 1. The molecule has 7 heteroatoms. The van der Waals surface area contributed by atoms with Crippen molar-refractivity contribution in [3.05, 3.63) is 57.3 Å². The Kier molecular flexibility index (Phi) is 5.58. The van der Waals surface area contributed by atoms with Crippen molar-refractivity contribution in [3.8, 4) is 0 Å². The van der Waals surface area contributed by atoms with Gasteiger partial charge in [-0.2, -0.15) is 0 Å². The molecule has 23 heavy (non-hydrogen) atoms. The van der Waals surface area contributed by atoms with E-state index in [1.54, 1.807) is 19.1 Å². The largest absolute Gasteiger partial charge is 0.326 e. The van der Waals surface area contributed by atoms with E-state index in [2.05, 4.69) is 15.6 Å². The minimum atomic E-state index is -0.638. The number of pyridine rings is 1. The van der Waals surface area contributed by atoms with Gasteiger partial charge in [-0.15, -0.1) is 0 Å². The van der Waals surface area contributed by atoms with Crippen LogP contribution >= 0.6 is 23.2 Å². The van der Waals surface area contributed by atoms with Crippen molar-refractivity contribution in [2.24, 2.45) is 0 Å². The van der Waals surface area contributed by atoms with Crippen LogP contribution in [0.15, 0.2) is 30.3 Å². The highest BCUT2D eigenvalue weighted by atomic mass is 35.5. The number of rotatable bonds is 3. The van der Waals surface area contributed by atoms with Crippen LogP contribution in [0.25, 0.3) is 0 Å². The first kappa shape index (κ1) is 17.2. The molecule has 3 amide bonds. The second-order valence-electron chi connectivity index (χ2n) is 4.85. The number of carbonyl (C=O) groups excluding carboxylic acids is 2. The maximum atomic E-state index is 12.2. The van der Waals surface area contributed by atoms with Crippen molar-refractivity contribution >= 4 is 40.8 Å². The molecule has 1 aromatic heterocycles. The molecule has 0 radical (unpaired) electrons. The molecule has 2 rings (SSSR count). The van der Waals surface area contributed by atoms with E-state index in [1.807, 2.05) is 19.1 Å². The summed E-state index contributed by atoms with van der Waals surface area (Å²) in [5, 5.41) is 5.03. The Morgan fingerprint density at radius 2 is 1.91 bits per heavy atom. The summed E-state index contributed by atoms with van der Waals surface area (Å²) in [7, 11) is 0. The summed E-state index contributed by atoms with van der Waals surface area (Å²) < 4.78 is 0. The van der Waals surface area contributed by atoms with Crippen LogP contribution in [0.2, 0.25) is 10.3 Å². The zero-order chi connectivity index (χ0) is 17.0. The Balaban J connectivity index is 2.13. The second kappa shape index (κ2) is 7.44. The lowest BCUT2D eigenvalue weighted by Crippen LogP contribution is -2.35. The highest BCUT2D eigenvalue weighted by Gasteiger charge is 2.18. The number of nitrogens with one attached hydrogen (secondary N) is 2. The van der Waals surface area contributed by atoms with Gasteiger partial charge in [-0.05, 0) is 36.6 Å². The van der Waals surface area contributed by atoms with Gasteiger partial charge in [0.15, 0.2) is 0 Å². The number of hydrogen-bond acceptors (Lipinski definition) is 3. The first-order valence-electron chi connectivity index (χ1n) is 6.95. The predicted octanol–water partition coefficient (Wildman–Crippen LogP) is 4.22. The van der Waals surface area contributed by atoms with E-state index in [0.29, 0.717) is 11.3 Å². The van der Waals surface area contributed by atoms with E-state index in [1.165, 1.54) is 6.07 Å². The minimum Gasteiger partial charge on any atom is -0.307 e. The van der Waals surface area contributed by atoms with Gasteiger partial charge < -0.3 is 5.32 Å². The molecule has 120 valence electrons. The summed E-state index contributed by atoms with van der Waals surface area (Å²) in [4.78, 5) is 28.0. The quantitative estimate of drug-likeness (QED) is 0.813. The highest BCUT2D eigenvalue weighted by Crippen LogP contribution is 2.21. The maximum absolute atomic E-state index is 12.2. The van der Waals surface area contributed by atoms with Gasteiger partial charge in [0, 0.05) is 5.69 Å². The van der Waals surface area contributed by atoms with Crippen molar-refractivity contribution in [3.63, 3.8) is 0 Å². The van der Waals surface area contributed by atoms with E-state index >= 15 is 0 Å². The smallest absolute Gasteiger partial charge is 0.307 e. The number of benzene rings is 1. The summed E-state index contributed by atoms with van der Waals surface area (Å²) in [6.45, 7) is 3.64. The van der Waals surface area contributed by atoms with Gasteiger partial charge in [-0.3, -0.25) is 10.1 Å². The number of anilines is 1. The average Bonchev–Trinajstić information content (AvgIpc) is 2.46. The fourth-order valence-electron chi connectivity index (χ4n) is 2.14. The molecule has 0 aliphatic carbocycles. The van der Waals surface area contributed by atoms with Gasteiger partial charge in [0.1, 0.15) is 10.3 Å². The van der Waals surface area contributed by atoms with Gasteiger partial charge in [0.05, 0.1) is 5.56 Å². The third-order valence-electron chi connectivity index (χ3n) is 3.24. The molecule has 0 saturated carbocycles. The van der Waals surface area contributed by atoms with E-state index < -0.39 is 11.9 Å². The Morgan fingerprint density at radius 3 is 2.57 bits per heavy atom. The number of hydrogen-bond donors (Lipinski definition) is 2. The average molecular weight is 352 g/mol. The molecule has 0 fully saturated rings. The van der Waals surface area contributed by atoms with Crippen LogP contribution in [-0.2, 0) is 6.42 Å². The van der Waals surface area contributed by atoms with Gasteiger partial charge in [-0.25, -0.2) is 9.78 Å². The number of amides is 3. The molecule has 0 spiro atoms. The zero-order valence-corrected chi connectivity index (χ0v) is 14.1. The first-order chi connectivity index (χ1) is 10.9. The number of carbonyl (C=O) groups is 2. The van der Waals surface area contributed by atoms with E-state index in [9.17, 15) is 9.59 Å². The van der Waals surface area contributed by atoms with Crippen LogP contribution in [0.3, 0.4) is 0 Å². The van der Waals surface area contributed by atoms with Crippen molar-refractivity contribution in [1.29, 1.82) is 0 Å². The molecule has 0 saturated heterocycles. The Hall–Kier alpha value is -2.11. The van der Waals surface area contributed by atoms with Crippen molar-refractivity contribution in [2.75, 3.05) is 5.32 Å². The third-order valence-corrected chi connectivity index (χ3v) is 3.71. The SMILES string of the molecule is CCc1ccccc1NC(=O)NC(=O)c1c(C)cc(Cl)nc1Cl. The van der Waals surface area contributed by atoms with Crippen LogP contribution in [0.1, 0.15) is 28.4 Å². The number of halogens is 2. The predicted molar refractivity (Wildman–Crippen MR) is 91.3 cm³/mol. The molecule has 2 N–H and O–H groups in total. The summed E-state index contributed by atoms with van der Waals surface area (Å²) in [5.74, 6) is -0.636. The summed E-state index contributed by atoms with van der Waals surface area (Å²) >= 11 is 11.7. The number of aryl methyl sites for hydroxylation is 2. The highest BCUT2D eigenvalue weighted by molar-refractivity contribution is 6.35. The maximum Gasteiger partial charge on any atom is 0.326 e. The van der Waals surface area contributed by atoms with Crippen molar-refractivity contribution < 1.29 is 9.59 Å². The van der Waals surface area contributed by atoms with Gasteiger partial charge >= 0.3 is 6.03 Å². The van der Waals surface area contributed by atoms with E-state index in [4.69, 9.17) is 23.2 Å². The molecular formula is C16H15Cl2N3O2. The summed E-state index contributed by atoms with van der Waals surface area (Å²) in [5.41, 5.74) is 2.28. The molecular weight excluding hydrogens is 337 g/mol. The van der Waals surface area contributed by atoms with Crippen LogP contribution < -0.4 is 10.6 Å². The monoisotopic (exact) mass is 351 g/mol. The molecule has 0 atom stereocenters. The Bertz CT molecular complexity index is 740. The second-order valence-corrected chi connectivity index (χ2v) is 5.59.